The summed E-state index contributed by atoms with van der Waals surface area (Å²) in [7, 11) is 0. The molecule has 2 aromatic heterocycles. The minimum atomic E-state index is -4.52. The van der Waals surface area contributed by atoms with Gasteiger partial charge in [-0.15, -0.1) is 10.2 Å². The molecule has 6 heteroatoms. The third-order valence-corrected chi connectivity index (χ3v) is 3.04. The number of pyridine rings is 1. The van der Waals surface area contributed by atoms with Gasteiger partial charge in [-0.25, -0.2) is 0 Å². The molecular formula is C14H10F3N3. The Morgan fingerprint density at radius 3 is 2.20 bits per heavy atom. The number of alkyl halides is 3. The molecule has 0 fully saturated rings. The van der Waals surface area contributed by atoms with Crippen LogP contribution < -0.4 is 0 Å². The average Bonchev–Trinajstić information content (AvgIpc) is 2.82. The van der Waals surface area contributed by atoms with E-state index in [4.69, 9.17) is 0 Å². The van der Waals surface area contributed by atoms with Gasteiger partial charge in [-0.2, -0.15) is 13.2 Å². The molecule has 0 bridgehead atoms. The van der Waals surface area contributed by atoms with Gasteiger partial charge in [-0.3, -0.25) is 4.40 Å². The predicted molar refractivity (Wildman–Crippen MR) is 68.2 cm³/mol. The van der Waals surface area contributed by atoms with Crippen molar-refractivity contribution in [2.24, 2.45) is 0 Å². The molecule has 3 rings (SSSR count). The number of aromatic nitrogens is 3. The first kappa shape index (κ1) is 12.7. The molecule has 0 spiro atoms. The van der Waals surface area contributed by atoms with E-state index >= 15 is 0 Å². The van der Waals surface area contributed by atoms with Crippen molar-refractivity contribution in [3.8, 4) is 11.1 Å². The van der Waals surface area contributed by atoms with Crippen LogP contribution in [-0.4, -0.2) is 14.6 Å². The molecule has 3 aromatic rings. The Bertz CT molecular complexity index is 757. The van der Waals surface area contributed by atoms with Gasteiger partial charge in [0, 0.05) is 6.20 Å². The van der Waals surface area contributed by atoms with Crippen LogP contribution in [0.3, 0.4) is 0 Å². The molecule has 0 N–H and O–H groups in total. The third-order valence-electron chi connectivity index (χ3n) is 3.04. The van der Waals surface area contributed by atoms with E-state index < -0.39 is 12.0 Å². The fraction of sp³-hybridized carbons (Fsp3) is 0.143. The molecule has 0 aliphatic heterocycles. The summed E-state index contributed by atoms with van der Waals surface area (Å²) in [5, 5.41) is 6.73. The van der Waals surface area contributed by atoms with Crippen LogP contribution in [0.1, 0.15) is 11.4 Å². The number of benzene rings is 1. The highest BCUT2D eigenvalue weighted by Gasteiger charge is 2.36. The lowest BCUT2D eigenvalue weighted by molar-refractivity contribution is -0.145. The van der Waals surface area contributed by atoms with Gasteiger partial charge in [0.2, 0.25) is 5.82 Å². The van der Waals surface area contributed by atoms with Crippen LogP contribution in [0, 0.1) is 6.92 Å². The second kappa shape index (κ2) is 4.33. The van der Waals surface area contributed by atoms with Crippen molar-refractivity contribution < 1.29 is 13.2 Å². The zero-order chi connectivity index (χ0) is 14.3. The van der Waals surface area contributed by atoms with Gasteiger partial charge >= 0.3 is 6.18 Å². The molecule has 0 amide bonds. The maximum absolute atomic E-state index is 12.8. The monoisotopic (exact) mass is 277 g/mol. The molecule has 1 aromatic carbocycles. The smallest absolute Gasteiger partial charge is 0.278 e. The van der Waals surface area contributed by atoms with Gasteiger partial charge in [0.1, 0.15) is 0 Å². The number of nitrogens with zero attached hydrogens (tertiary/aromatic N) is 3. The van der Waals surface area contributed by atoms with E-state index in [0.717, 1.165) is 15.5 Å². The Morgan fingerprint density at radius 1 is 0.900 bits per heavy atom. The molecule has 0 unspecified atom stereocenters. The van der Waals surface area contributed by atoms with E-state index in [0.29, 0.717) is 5.56 Å². The van der Waals surface area contributed by atoms with Gasteiger partial charge < -0.3 is 0 Å². The van der Waals surface area contributed by atoms with Gasteiger partial charge in [0.15, 0.2) is 5.65 Å². The van der Waals surface area contributed by atoms with Crippen LogP contribution >= 0.6 is 0 Å². The van der Waals surface area contributed by atoms with E-state index in [1.165, 1.54) is 12.3 Å². The lowest BCUT2D eigenvalue weighted by Gasteiger charge is -2.06. The van der Waals surface area contributed by atoms with Gasteiger partial charge in [-0.1, -0.05) is 29.8 Å². The van der Waals surface area contributed by atoms with E-state index in [-0.39, 0.29) is 5.65 Å². The summed E-state index contributed by atoms with van der Waals surface area (Å²) in [6.07, 6.45) is -3.12. The number of rotatable bonds is 1. The summed E-state index contributed by atoms with van der Waals surface area (Å²) < 4.78 is 39.4. The summed E-state index contributed by atoms with van der Waals surface area (Å²) in [6.45, 7) is 1.95. The average molecular weight is 277 g/mol. The fourth-order valence-corrected chi connectivity index (χ4v) is 2.00. The molecule has 0 saturated carbocycles. The summed E-state index contributed by atoms with van der Waals surface area (Å²) in [4.78, 5) is 0. The second-order valence-corrected chi connectivity index (χ2v) is 4.53. The molecule has 3 nitrogen and oxygen atoms in total. The Morgan fingerprint density at radius 2 is 1.55 bits per heavy atom. The zero-order valence-electron chi connectivity index (χ0n) is 10.5. The van der Waals surface area contributed by atoms with Crippen molar-refractivity contribution in [3.05, 3.63) is 54.0 Å². The highest BCUT2D eigenvalue weighted by Crippen LogP contribution is 2.29. The highest BCUT2D eigenvalue weighted by molar-refractivity contribution is 5.64. The van der Waals surface area contributed by atoms with Crippen molar-refractivity contribution in [2.75, 3.05) is 0 Å². The number of hydrogen-bond donors (Lipinski definition) is 0. The zero-order valence-corrected chi connectivity index (χ0v) is 10.5. The number of aryl methyl sites for hydroxylation is 1. The van der Waals surface area contributed by atoms with E-state index in [1.54, 1.807) is 6.07 Å². The number of fused-ring (bicyclic) bond motifs is 1. The fourth-order valence-electron chi connectivity index (χ4n) is 2.00. The summed E-state index contributed by atoms with van der Waals surface area (Å²) in [6, 6.07) is 10.8. The first-order valence-corrected chi connectivity index (χ1v) is 5.94. The van der Waals surface area contributed by atoms with E-state index in [2.05, 4.69) is 10.2 Å². The lowest BCUT2D eigenvalue weighted by atomic mass is 10.1. The van der Waals surface area contributed by atoms with Crippen molar-refractivity contribution in [1.82, 2.24) is 14.6 Å². The topological polar surface area (TPSA) is 30.2 Å². The van der Waals surface area contributed by atoms with Crippen LogP contribution in [0.4, 0.5) is 13.2 Å². The second-order valence-electron chi connectivity index (χ2n) is 4.53. The van der Waals surface area contributed by atoms with Crippen LogP contribution in [0.15, 0.2) is 42.6 Å². The molecule has 0 aliphatic rings. The summed E-state index contributed by atoms with van der Waals surface area (Å²) in [5.74, 6) is -1.01. The van der Waals surface area contributed by atoms with Crippen LogP contribution in [0.5, 0.6) is 0 Å². The van der Waals surface area contributed by atoms with E-state index in [1.807, 2.05) is 31.2 Å². The van der Waals surface area contributed by atoms with Gasteiger partial charge in [0.25, 0.3) is 0 Å². The standard InChI is InChI=1S/C14H10F3N3/c1-9-2-4-10(5-3-9)11-6-7-12-18-19-13(14(15,16)17)20(12)8-11/h2-8H,1H3. The van der Waals surface area contributed by atoms with Crippen LogP contribution in [0.2, 0.25) is 0 Å². The van der Waals surface area contributed by atoms with Crippen molar-refractivity contribution >= 4 is 5.65 Å². The first-order valence-electron chi connectivity index (χ1n) is 5.94. The Kier molecular flexibility index (Phi) is 2.74. The van der Waals surface area contributed by atoms with Crippen LogP contribution in [0.25, 0.3) is 16.8 Å². The SMILES string of the molecule is Cc1ccc(-c2ccc3nnc(C(F)(F)F)n3c2)cc1. The molecular weight excluding hydrogens is 267 g/mol. The number of halogens is 3. The van der Waals surface area contributed by atoms with E-state index in [9.17, 15) is 13.2 Å². The maximum Gasteiger partial charge on any atom is 0.452 e. The number of hydrogen-bond acceptors (Lipinski definition) is 2. The normalized spacial score (nSPS) is 12.0. The molecule has 20 heavy (non-hydrogen) atoms. The lowest BCUT2D eigenvalue weighted by Crippen LogP contribution is -2.10. The third kappa shape index (κ3) is 2.13. The van der Waals surface area contributed by atoms with Gasteiger partial charge in [0.05, 0.1) is 0 Å². The van der Waals surface area contributed by atoms with Crippen molar-refractivity contribution in [3.63, 3.8) is 0 Å². The minimum absolute atomic E-state index is 0.174. The first-order chi connectivity index (χ1) is 9.45. The molecule has 0 saturated heterocycles. The van der Waals surface area contributed by atoms with Gasteiger partial charge in [-0.05, 0) is 30.2 Å². The quantitative estimate of drug-likeness (QED) is 0.678. The summed E-state index contributed by atoms with van der Waals surface area (Å²) >= 11 is 0. The Hall–Kier alpha value is -2.37. The predicted octanol–water partition coefficient (Wildman–Crippen LogP) is 3.72. The molecule has 0 aliphatic carbocycles. The summed E-state index contributed by atoms with van der Waals surface area (Å²) in [5.41, 5.74) is 2.80. The molecule has 0 radical (unpaired) electrons. The largest absolute Gasteiger partial charge is 0.452 e. The molecule has 2 heterocycles. The van der Waals surface area contributed by atoms with Crippen molar-refractivity contribution in [1.29, 1.82) is 0 Å². The Balaban J connectivity index is 2.16. The molecule has 0 atom stereocenters. The highest BCUT2D eigenvalue weighted by atomic mass is 19.4. The Labute approximate surface area is 112 Å². The molecule has 102 valence electrons. The maximum atomic E-state index is 12.8. The van der Waals surface area contributed by atoms with Crippen LogP contribution in [-0.2, 0) is 6.18 Å². The minimum Gasteiger partial charge on any atom is -0.278 e. The van der Waals surface area contributed by atoms with Crippen molar-refractivity contribution in [2.45, 2.75) is 13.1 Å².